The maximum absolute atomic E-state index is 12.6. The summed E-state index contributed by atoms with van der Waals surface area (Å²) in [4.78, 5) is 16.9. The maximum atomic E-state index is 12.6. The topological polar surface area (TPSA) is 54.0 Å². The third-order valence-corrected chi connectivity index (χ3v) is 5.03. The Hall–Kier alpha value is -2.73. The summed E-state index contributed by atoms with van der Waals surface area (Å²) in [5.74, 6) is 1.29. The first kappa shape index (κ1) is 19.0. The fourth-order valence-corrected chi connectivity index (χ4v) is 3.34. The Bertz CT molecular complexity index is 736. The molecule has 0 aromatic heterocycles. The second kappa shape index (κ2) is 8.77. The van der Waals surface area contributed by atoms with Gasteiger partial charge >= 0.3 is 6.03 Å². The smallest absolute Gasteiger partial charge is 0.321 e. The van der Waals surface area contributed by atoms with Crippen molar-refractivity contribution in [3.8, 4) is 11.5 Å². The van der Waals surface area contributed by atoms with Crippen molar-refractivity contribution in [2.24, 2.45) is 0 Å². The third-order valence-electron chi connectivity index (χ3n) is 5.03. The average molecular weight is 369 g/mol. The monoisotopic (exact) mass is 369 g/mol. The fraction of sp³-hybridized carbons (Fsp3) is 0.381. The maximum Gasteiger partial charge on any atom is 0.321 e. The molecule has 6 nitrogen and oxygen atoms in total. The van der Waals surface area contributed by atoms with E-state index in [0.717, 1.165) is 13.1 Å². The number of ether oxygens (including phenoxy) is 2. The molecule has 1 heterocycles. The highest BCUT2D eigenvalue weighted by Gasteiger charge is 2.24. The zero-order chi connectivity index (χ0) is 19.2. The van der Waals surface area contributed by atoms with Gasteiger partial charge in [-0.05, 0) is 12.5 Å². The number of piperazine rings is 1. The van der Waals surface area contributed by atoms with Crippen molar-refractivity contribution in [1.82, 2.24) is 9.80 Å². The number of urea groups is 1. The van der Waals surface area contributed by atoms with Gasteiger partial charge in [-0.1, -0.05) is 30.3 Å². The van der Waals surface area contributed by atoms with Gasteiger partial charge in [0, 0.05) is 56.1 Å². The fourth-order valence-electron chi connectivity index (χ4n) is 3.34. The van der Waals surface area contributed by atoms with Crippen LogP contribution in [0.3, 0.4) is 0 Å². The minimum atomic E-state index is -0.0997. The van der Waals surface area contributed by atoms with Gasteiger partial charge in [0.1, 0.15) is 11.5 Å². The number of methoxy groups -OCH3 is 2. The second-order valence-corrected chi connectivity index (χ2v) is 6.64. The largest absolute Gasteiger partial charge is 0.497 e. The highest BCUT2D eigenvalue weighted by molar-refractivity contribution is 5.90. The van der Waals surface area contributed by atoms with Crippen LogP contribution < -0.4 is 14.8 Å². The standard InChI is InChI=1S/C21H27N3O3/c1-16(17-7-5-4-6-8-17)23-9-11-24(12-10-23)21(25)22-18-13-19(26-2)15-20(14-18)27-3/h4-8,13-16H,9-12H2,1-3H3,(H,22,25). The van der Waals surface area contributed by atoms with Gasteiger partial charge in [-0.3, -0.25) is 4.90 Å². The molecule has 27 heavy (non-hydrogen) atoms. The molecule has 0 saturated carbocycles. The summed E-state index contributed by atoms with van der Waals surface area (Å²) in [7, 11) is 3.18. The summed E-state index contributed by atoms with van der Waals surface area (Å²) in [6.07, 6.45) is 0. The van der Waals surface area contributed by atoms with Gasteiger partial charge in [0.2, 0.25) is 0 Å². The number of benzene rings is 2. The first-order valence-electron chi connectivity index (χ1n) is 9.18. The molecule has 0 spiro atoms. The number of nitrogens with zero attached hydrogens (tertiary/aromatic N) is 2. The molecule has 1 atom stereocenters. The van der Waals surface area contributed by atoms with Gasteiger partial charge in [-0.2, -0.15) is 0 Å². The number of rotatable bonds is 5. The molecule has 2 aromatic rings. The van der Waals surface area contributed by atoms with Crippen molar-refractivity contribution in [2.45, 2.75) is 13.0 Å². The number of amides is 2. The lowest BCUT2D eigenvalue weighted by Gasteiger charge is -2.38. The number of nitrogens with one attached hydrogen (secondary N) is 1. The number of carbonyl (C=O) groups excluding carboxylic acids is 1. The summed E-state index contributed by atoms with van der Waals surface area (Å²) < 4.78 is 10.5. The number of anilines is 1. The van der Waals surface area contributed by atoms with E-state index < -0.39 is 0 Å². The lowest BCUT2D eigenvalue weighted by molar-refractivity contribution is 0.119. The van der Waals surface area contributed by atoms with Gasteiger partial charge in [0.25, 0.3) is 0 Å². The van der Waals surface area contributed by atoms with E-state index in [-0.39, 0.29) is 6.03 Å². The van der Waals surface area contributed by atoms with Crippen LogP contribution in [-0.2, 0) is 0 Å². The van der Waals surface area contributed by atoms with Gasteiger partial charge in [-0.15, -0.1) is 0 Å². The van der Waals surface area contributed by atoms with Gasteiger partial charge in [0.05, 0.1) is 14.2 Å². The lowest BCUT2D eigenvalue weighted by atomic mass is 10.1. The van der Waals surface area contributed by atoms with E-state index >= 15 is 0 Å². The molecule has 1 unspecified atom stereocenters. The zero-order valence-corrected chi connectivity index (χ0v) is 16.1. The van der Waals surface area contributed by atoms with Crippen LogP contribution in [0.4, 0.5) is 10.5 Å². The van der Waals surface area contributed by atoms with E-state index in [9.17, 15) is 4.79 Å². The Morgan fingerprint density at radius 2 is 1.56 bits per heavy atom. The SMILES string of the molecule is COc1cc(NC(=O)N2CCN(C(C)c3ccccc3)CC2)cc(OC)c1. The van der Waals surface area contributed by atoms with Crippen LogP contribution >= 0.6 is 0 Å². The van der Waals surface area contributed by atoms with E-state index in [0.29, 0.717) is 36.3 Å². The molecular formula is C21H27N3O3. The summed E-state index contributed by atoms with van der Waals surface area (Å²) in [6.45, 7) is 5.32. The quantitative estimate of drug-likeness (QED) is 0.875. The van der Waals surface area contributed by atoms with Crippen LogP contribution in [0.5, 0.6) is 11.5 Å². The first-order chi connectivity index (χ1) is 13.1. The van der Waals surface area contributed by atoms with Crippen LogP contribution in [0.2, 0.25) is 0 Å². The molecule has 0 radical (unpaired) electrons. The molecular weight excluding hydrogens is 342 g/mol. The molecule has 2 amide bonds. The summed E-state index contributed by atoms with van der Waals surface area (Å²) in [5.41, 5.74) is 1.97. The van der Waals surface area contributed by atoms with Gasteiger partial charge < -0.3 is 19.7 Å². The minimum absolute atomic E-state index is 0.0997. The van der Waals surface area contributed by atoms with Crippen LogP contribution in [0.1, 0.15) is 18.5 Å². The van der Waals surface area contributed by atoms with Crippen molar-refractivity contribution in [3.63, 3.8) is 0 Å². The second-order valence-electron chi connectivity index (χ2n) is 6.64. The predicted octanol–water partition coefficient (Wildman–Crippen LogP) is 3.61. The number of carbonyl (C=O) groups is 1. The molecule has 1 aliphatic rings. The predicted molar refractivity (Wildman–Crippen MR) is 107 cm³/mol. The molecule has 0 aliphatic carbocycles. The van der Waals surface area contributed by atoms with E-state index in [1.807, 2.05) is 11.0 Å². The van der Waals surface area contributed by atoms with Gasteiger partial charge in [0.15, 0.2) is 0 Å². The van der Waals surface area contributed by atoms with E-state index in [4.69, 9.17) is 9.47 Å². The van der Waals surface area contributed by atoms with Gasteiger partial charge in [-0.25, -0.2) is 4.79 Å². The van der Waals surface area contributed by atoms with E-state index in [1.54, 1.807) is 32.4 Å². The Morgan fingerprint density at radius 1 is 0.963 bits per heavy atom. The normalized spacial score (nSPS) is 15.9. The number of hydrogen-bond acceptors (Lipinski definition) is 4. The van der Waals surface area contributed by atoms with Crippen molar-refractivity contribution in [2.75, 3.05) is 45.7 Å². The van der Waals surface area contributed by atoms with Crippen LogP contribution in [0.15, 0.2) is 48.5 Å². The molecule has 0 bridgehead atoms. The number of hydrogen-bond donors (Lipinski definition) is 1. The minimum Gasteiger partial charge on any atom is -0.497 e. The molecule has 2 aromatic carbocycles. The molecule has 144 valence electrons. The van der Waals surface area contributed by atoms with E-state index in [2.05, 4.69) is 41.4 Å². The molecule has 3 rings (SSSR count). The Balaban J connectivity index is 1.57. The van der Waals surface area contributed by atoms with E-state index in [1.165, 1.54) is 5.56 Å². The molecule has 1 aliphatic heterocycles. The third kappa shape index (κ3) is 4.71. The van der Waals surface area contributed by atoms with Crippen molar-refractivity contribution in [3.05, 3.63) is 54.1 Å². The van der Waals surface area contributed by atoms with Crippen LogP contribution in [0, 0.1) is 0 Å². The molecule has 6 heteroatoms. The summed E-state index contributed by atoms with van der Waals surface area (Å²) in [5, 5.41) is 2.95. The Labute approximate surface area is 160 Å². The summed E-state index contributed by atoms with van der Waals surface area (Å²) in [6, 6.07) is 16.1. The molecule has 1 saturated heterocycles. The average Bonchev–Trinajstić information content (AvgIpc) is 2.73. The highest BCUT2D eigenvalue weighted by atomic mass is 16.5. The van der Waals surface area contributed by atoms with Crippen molar-refractivity contribution >= 4 is 11.7 Å². The lowest BCUT2D eigenvalue weighted by Crippen LogP contribution is -2.50. The van der Waals surface area contributed by atoms with Crippen molar-refractivity contribution in [1.29, 1.82) is 0 Å². The van der Waals surface area contributed by atoms with Crippen LogP contribution in [-0.4, -0.2) is 56.2 Å². The van der Waals surface area contributed by atoms with Crippen LogP contribution in [0.25, 0.3) is 0 Å². The summed E-state index contributed by atoms with van der Waals surface area (Å²) >= 11 is 0. The molecule has 1 N–H and O–H groups in total. The molecule has 1 fully saturated rings. The Morgan fingerprint density at radius 3 is 2.11 bits per heavy atom. The Kier molecular flexibility index (Phi) is 6.19. The zero-order valence-electron chi connectivity index (χ0n) is 16.1. The highest BCUT2D eigenvalue weighted by Crippen LogP contribution is 2.26. The first-order valence-corrected chi connectivity index (χ1v) is 9.18. The van der Waals surface area contributed by atoms with Crippen molar-refractivity contribution < 1.29 is 14.3 Å².